The highest BCUT2D eigenvalue weighted by atomic mass is 16.6. The molecule has 0 aromatic heterocycles. The summed E-state index contributed by atoms with van der Waals surface area (Å²) in [6.07, 6.45) is 0.597. The summed E-state index contributed by atoms with van der Waals surface area (Å²) < 4.78 is 10.6. The van der Waals surface area contributed by atoms with Gasteiger partial charge in [0, 0.05) is 12.0 Å². The molecule has 3 rings (SSSR count). The zero-order valence-electron chi connectivity index (χ0n) is 11.5. The molecule has 1 aromatic carbocycles. The highest BCUT2D eigenvalue weighted by molar-refractivity contribution is 5.98. The molecule has 2 bridgehead atoms. The van der Waals surface area contributed by atoms with E-state index in [9.17, 15) is 9.59 Å². The van der Waals surface area contributed by atoms with Crippen LogP contribution < -0.4 is 4.74 Å². The maximum Gasteiger partial charge on any atom is 0.329 e. The summed E-state index contributed by atoms with van der Waals surface area (Å²) >= 11 is 0. The third-order valence-corrected chi connectivity index (χ3v) is 3.55. The lowest BCUT2D eigenvalue weighted by atomic mass is 10.1. The quantitative estimate of drug-likeness (QED) is 0.786. The van der Waals surface area contributed by atoms with Gasteiger partial charge in [0.15, 0.2) is 0 Å². The third-order valence-electron chi connectivity index (χ3n) is 3.55. The zero-order chi connectivity index (χ0) is 14.3. The lowest BCUT2D eigenvalue weighted by molar-refractivity contribution is -0.149. The fraction of sp³-hybridized carbons (Fsp3) is 0.467. The molecule has 0 aliphatic carbocycles. The number of carbonyl (C=O) groups is 2. The first-order valence-corrected chi connectivity index (χ1v) is 6.83. The SMILES string of the molecule is CC(C)Oc1ccc(C(=O)N2C[C@@H]3C[C@@H]2C(=O)O3)cc1. The number of rotatable bonds is 3. The average molecular weight is 275 g/mol. The van der Waals surface area contributed by atoms with Crippen molar-refractivity contribution < 1.29 is 19.1 Å². The van der Waals surface area contributed by atoms with E-state index in [1.165, 1.54) is 0 Å². The molecule has 5 heteroatoms. The Kier molecular flexibility index (Phi) is 3.12. The Balaban J connectivity index is 1.73. The summed E-state index contributed by atoms with van der Waals surface area (Å²) in [4.78, 5) is 25.5. The van der Waals surface area contributed by atoms with Gasteiger partial charge in [0.2, 0.25) is 0 Å². The third kappa shape index (κ3) is 2.24. The van der Waals surface area contributed by atoms with Crippen molar-refractivity contribution in [3.8, 4) is 5.75 Å². The minimum atomic E-state index is -0.404. The van der Waals surface area contributed by atoms with Gasteiger partial charge in [-0.2, -0.15) is 0 Å². The van der Waals surface area contributed by atoms with E-state index in [1.807, 2.05) is 13.8 Å². The fourth-order valence-corrected chi connectivity index (χ4v) is 2.69. The van der Waals surface area contributed by atoms with Gasteiger partial charge < -0.3 is 14.4 Å². The molecule has 0 spiro atoms. The zero-order valence-corrected chi connectivity index (χ0v) is 11.5. The normalized spacial score (nSPS) is 24.1. The van der Waals surface area contributed by atoms with Crippen LogP contribution >= 0.6 is 0 Å². The maximum absolute atomic E-state index is 12.4. The van der Waals surface area contributed by atoms with E-state index in [2.05, 4.69) is 0 Å². The Morgan fingerprint density at radius 2 is 2.05 bits per heavy atom. The van der Waals surface area contributed by atoms with Gasteiger partial charge in [-0.3, -0.25) is 4.79 Å². The Morgan fingerprint density at radius 1 is 1.35 bits per heavy atom. The van der Waals surface area contributed by atoms with Crippen LogP contribution in [0.2, 0.25) is 0 Å². The van der Waals surface area contributed by atoms with Crippen molar-refractivity contribution in [2.75, 3.05) is 6.54 Å². The molecule has 106 valence electrons. The number of esters is 1. The Labute approximate surface area is 117 Å². The van der Waals surface area contributed by atoms with Gasteiger partial charge in [-0.15, -0.1) is 0 Å². The van der Waals surface area contributed by atoms with Crippen LogP contribution in [0.15, 0.2) is 24.3 Å². The van der Waals surface area contributed by atoms with Crippen molar-refractivity contribution in [1.82, 2.24) is 4.90 Å². The predicted octanol–water partition coefficient (Wildman–Crippen LogP) is 1.61. The molecular formula is C15H17NO4. The Morgan fingerprint density at radius 3 is 2.60 bits per heavy atom. The van der Waals surface area contributed by atoms with E-state index >= 15 is 0 Å². The predicted molar refractivity (Wildman–Crippen MR) is 71.5 cm³/mol. The van der Waals surface area contributed by atoms with Crippen molar-refractivity contribution in [2.45, 2.75) is 38.5 Å². The van der Waals surface area contributed by atoms with E-state index in [-0.39, 0.29) is 24.1 Å². The molecule has 2 saturated heterocycles. The smallest absolute Gasteiger partial charge is 0.329 e. The van der Waals surface area contributed by atoms with Crippen LogP contribution in [0.1, 0.15) is 30.6 Å². The van der Waals surface area contributed by atoms with E-state index in [0.29, 0.717) is 18.5 Å². The van der Waals surface area contributed by atoms with E-state index < -0.39 is 6.04 Å². The summed E-state index contributed by atoms with van der Waals surface area (Å²) in [6.45, 7) is 4.40. The molecule has 0 radical (unpaired) electrons. The van der Waals surface area contributed by atoms with Crippen LogP contribution in [0.4, 0.5) is 0 Å². The Bertz CT molecular complexity index is 537. The highest BCUT2D eigenvalue weighted by Crippen LogP contribution is 2.30. The van der Waals surface area contributed by atoms with E-state index in [4.69, 9.17) is 9.47 Å². The monoisotopic (exact) mass is 275 g/mol. The van der Waals surface area contributed by atoms with Crippen LogP contribution in [-0.2, 0) is 9.53 Å². The number of amides is 1. The van der Waals surface area contributed by atoms with Crippen LogP contribution in [0, 0.1) is 0 Å². The minimum Gasteiger partial charge on any atom is -0.491 e. The molecule has 2 aliphatic rings. The van der Waals surface area contributed by atoms with Crippen LogP contribution in [0.25, 0.3) is 0 Å². The molecule has 1 amide bonds. The highest BCUT2D eigenvalue weighted by Gasteiger charge is 2.48. The molecule has 1 aromatic rings. The number of ether oxygens (including phenoxy) is 2. The number of hydrogen-bond donors (Lipinski definition) is 0. The molecule has 0 unspecified atom stereocenters. The largest absolute Gasteiger partial charge is 0.491 e. The lowest BCUT2D eigenvalue weighted by Gasteiger charge is -2.25. The van der Waals surface area contributed by atoms with Gasteiger partial charge in [-0.25, -0.2) is 4.79 Å². The first-order chi connectivity index (χ1) is 9.54. The van der Waals surface area contributed by atoms with Crippen molar-refractivity contribution in [3.63, 3.8) is 0 Å². The topological polar surface area (TPSA) is 55.8 Å². The first kappa shape index (κ1) is 13.0. The summed E-state index contributed by atoms with van der Waals surface area (Å²) in [6, 6.07) is 6.62. The van der Waals surface area contributed by atoms with Gasteiger partial charge in [-0.05, 0) is 38.1 Å². The number of benzene rings is 1. The fourth-order valence-electron chi connectivity index (χ4n) is 2.69. The van der Waals surface area contributed by atoms with Gasteiger partial charge in [0.1, 0.15) is 17.9 Å². The molecule has 2 fully saturated rings. The van der Waals surface area contributed by atoms with Gasteiger partial charge >= 0.3 is 5.97 Å². The number of morpholine rings is 1. The molecule has 5 nitrogen and oxygen atoms in total. The molecular weight excluding hydrogens is 258 g/mol. The number of nitrogens with zero attached hydrogens (tertiary/aromatic N) is 1. The van der Waals surface area contributed by atoms with Crippen molar-refractivity contribution in [3.05, 3.63) is 29.8 Å². The second-order valence-electron chi connectivity index (χ2n) is 5.46. The standard InChI is InChI=1S/C15H17NO4/c1-9(2)19-11-5-3-10(4-6-11)14(17)16-8-12-7-13(16)15(18)20-12/h3-6,9,12-13H,7-8H2,1-2H3/t12-,13+/m0/s1. The van der Waals surface area contributed by atoms with E-state index in [1.54, 1.807) is 29.2 Å². The summed E-state index contributed by atoms with van der Waals surface area (Å²) in [7, 11) is 0. The molecule has 2 heterocycles. The number of carbonyl (C=O) groups excluding carboxylic acids is 2. The summed E-state index contributed by atoms with van der Waals surface area (Å²) in [5.41, 5.74) is 0.571. The van der Waals surface area contributed by atoms with Crippen molar-refractivity contribution in [1.29, 1.82) is 0 Å². The van der Waals surface area contributed by atoms with Crippen LogP contribution in [-0.4, -0.2) is 41.6 Å². The first-order valence-electron chi connectivity index (χ1n) is 6.83. The molecule has 0 N–H and O–H groups in total. The molecule has 0 saturated carbocycles. The van der Waals surface area contributed by atoms with Gasteiger partial charge in [-0.1, -0.05) is 0 Å². The average Bonchev–Trinajstić information content (AvgIpc) is 2.97. The summed E-state index contributed by atoms with van der Waals surface area (Å²) in [5.74, 6) is 0.332. The Hall–Kier alpha value is -2.04. The van der Waals surface area contributed by atoms with Crippen LogP contribution in [0.5, 0.6) is 5.75 Å². The molecule has 20 heavy (non-hydrogen) atoms. The summed E-state index contributed by atoms with van der Waals surface area (Å²) in [5, 5.41) is 0. The lowest BCUT2D eigenvalue weighted by Crippen LogP contribution is -2.44. The number of hydrogen-bond acceptors (Lipinski definition) is 4. The van der Waals surface area contributed by atoms with Crippen molar-refractivity contribution in [2.24, 2.45) is 0 Å². The molecule has 2 aliphatic heterocycles. The number of likely N-dealkylation sites (tertiary alicyclic amines) is 1. The van der Waals surface area contributed by atoms with E-state index in [0.717, 1.165) is 5.75 Å². The van der Waals surface area contributed by atoms with Crippen LogP contribution in [0.3, 0.4) is 0 Å². The maximum atomic E-state index is 12.4. The van der Waals surface area contributed by atoms with Gasteiger partial charge in [0.25, 0.3) is 5.91 Å². The second kappa shape index (κ2) is 4.81. The van der Waals surface area contributed by atoms with Gasteiger partial charge in [0.05, 0.1) is 12.6 Å². The minimum absolute atomic E-state index is 0.0978. The van der Waals surface area contributed by atoms with Crippen molar-refractivity contribution >= 4 is 11.9 Å². The molecule has 2 atom stereocenters. The number of fused-ring (bicyclic) bond motifs is 2. The second-order valence-corrected chi connectivity index (χ2v) is 5.46.